The van der Waals surface area contributed by atoms with E-state index in [-0.39, 0.29) is 0 Å². The van der Waals surface area contributed by atoms with E-state index in [0.29, 0.717) is 6.04 Å². The van der Waals surface area contributed by atoms with Crippen molar-refractivity contribution in [3.8, 4) is 0 Å². The van der Waals surface area contributed by atoms with Crippen molar-refractivity contribution in [1.29, 1.82) is 0 Å². The fourth-order valence-corrected chi connectivity index (χ4v) is 4.17. The molecule has 3 aromatic rings. The van der Waals surface area contributed by atoms with Gasteiger partial charge in [-0.1, -0.05) is 11.3 Å². The van der Waals surface area contributed by atoms with Crippen molar-refractivity contribution in [3.63, 3.8) is 0 Å². The van der Waals surface area contributed by atoms with Crippen LogP contribution < -0.4 is 16.4 Å². The lowest BCUT2D eigenvalue weighted by Gasteiger charge is -2.26. The Morgan fingerprint density at radius 2 is 2.17 bits per heavy atom. The average Bonchev–Trinajstić information content (AvgIpc) is 3.18. The van der Waals surface area contributed by atoms with Gasteiger partial charge in [-0.05, 0) is 31.5 Å². The van der Waals surface area contributed by atoms with E-state index >= 15 is 0 Å². The van der Waals surface area contributed by atoms with Crippen molar-refractivity contribution in [2.24, 2.45) is 5.73 Å². The molecule has 2 aliphatic rings. The summed E-state index contributed by atoms with van der Waals surface area (Å²) in [7, 11) is 0. The number of aromatic nitrogens is 4. The van der Waals surface area contributed by atoms with E-state index < -0.39 is 0 Å². The number of nitrogens with one attached hydrogen (secondary N) is 2. The van der Waals surface area contributed by atoms with Gasteiger partial charge in [0.15, 0.2) is 5.13 Å². The molecule has 2 fully saturated rings. The van der Waals surface area contributed by atoms with Crippen molar-refractivity contribution in [3.05, 3.63) is 36.4 Å². The molecule has 0 radical (unpaired) electrons. The summed E-state index contributed by atoms with van der Waals surface area (Å²) in [4.78, 5) is 20.7. The number of nitrogens with zero attached hydrogens (tertiary/aromatic N) is 5. The Morgan fingerprint density at radius 3 is 2.90 bits per heavy atom. The highest BCUT2D eigenvalue weighted by Crippen LogP contribution is 2.25. The lowest BCUT2D eigenvalue weighted by molar-refractivity contribution is 0.0336. The van der Waals surface area contributed by atoms with Crippen LogP contribution in [0.4, 0.5) is 10.9 Å². The first-order valence-electron chi connectivity index (χ1n) is 10.3. The molecule has 5 heterocycles. The van der Waals surface area contributed by atoms with Gasteiger partial charge in [0.2, 0.25) is 0 Å². The van der Waals surface area contributed by atoms with Gasteiger partial charge in [0.1, 0.15) is 22.5 Å². The van der Waals surface area contributed by atoms with Gasteiger partial charge in [-0.25, -0.2) is 19.9 Å². The van der Waals surface area contributed by atoms with E-state index in [9.17, 15) is 0 Å². The smallest absolute Gasteiger partial charge is 0.190 e. The molecule has 0 aliphatic carbocycles. The number of morpholine rings is 1. The first-order valence-corrected chi connectivity index (χ1v) is 11.1. The van der Waals surface area contributed by atoms with Gasteiger partial charge in [-0.2, -0.15) is 0 Å². The van der Waals surface area contributed by atoms with Gasteiger partial charge in [0.25, 0.3) is 0 Å². The molecule has 2 saturated heterocycles. The van der Waals surface area contributed by atoms with Crippen LogP contribution in [-0.2, 0) is 11.3 Å². The highest BCUT2D eigenvalue weighted by molar-refractivity contribution is 7.21. The SMILES string of the molecule is NC1CCCNC1.c1cnc2sc(Nc3cc(CN4CCOCC4)ncn3)nc2c1. The van der Waals surface area contributed by atoms with Crippen LogP contribution in [0.15, 0.2) is 30.7 Å². The molecular weight excluding hydrogens is 400 g/mol. The topological polar surface area (TPSA) is 114 Å². The minimum Gasteiger partial charge on any atom is -0.379 e. The van der Waals surface area contributed by atoms with Gasteiger partial charge < -0.3 is 21.1 Å². The number of nitrogens with two attached hydrogens (primary N) is 1. The van der Waals surface area contributed by atoms with Crippen LogP contribution in [0.3, 0.4) is 0 Å². The summed E-state index contributed by atoms with van der Waals surface area (Å²) < 4.78 is 5.37. The van der Waals surface area contributed by atoms with Crippen molar-refractivity contribution >= 4 is 32.6 Å². The lowest BCUT2D eigenvalue weighted by Crippen LogP contribution is -2.39. The van der Waals surface area contributed by atoms with Gasteiger partial charge in [0, 0.05) is 44.5 Å². The Morgan fingerprint density at radius 1 is 1.27 bits per heavy atom. The summed E-state index contributed by atoms with van der Waals surface area (Å²) in [5, 5.41) is 7.24. The van der Waals surface area contributed by atoms with E-state index in [4.69, 9.17) is 10.5 Å². The number of fused-ring (bicyclic) bond motifs is 1. The van der Waals surface area contributed by atoms with Gasteiger partial charge in [0.05, 0.1) is 18.9 Å². The maximum atomic E-state index is 5.57. The van der Waals surface area contributed by atoms with Crippen molar-refractivity contribution in [2.75, 3.05) is 44.7 Å². The predicted octanol–water partition coefficient (Wildman–Crippen LogP) is 1.75. The van der Waals surface area contributed by atoms with E-state index in [1.54, 1.807) is 12.5 Å². The van der Waals surface area contributed by atoms with Crippen LogP contribution in [0, 0.1) is 0 Å². The monoisotopic (exact) mass is 428 g/mol. The second kappa shape index (κ2) is 10.7. The quantitative estimate of drug-likeness (QED) is 0.572. The van der Waals surface area contributed by atoms with Crippen molar-refractivity contribution in [1.82, 2.24) is 30.2 Å². The molecule has 1 atom stereocenters. The molecule has 5 rings (SSSR count). The van der Waals surface area contributed by atoms with E-state index in [2.05, 4.69) is 35.5 Å². The minimum atomic E-state index is 0.425. The van der Waals surface area contributed by atoms with Crippen molar-refractivity contribution in [2.45, 2.75) is 25.4 Å². The fourth-order valence-electron chi connectivity index (χ4n) is 3.35. The molecule has 0 saturated carbocycles. The van der Waals surface area contributed by atoms with Crippen LogP contribution in [0.5, 0.6) is 0 Å². The van der Waals surface area contributed by atoms with Gasteiger partial charge in [-0.15, -0.1) is 0 Å². The maximum Gasteiger partial charge on any atom is 0.190 e. The molecule has 0 aromatic carbocycles. The fraction of sp³-hybridized carbons (Fsp3) is 0.500. The largest absolute Gasteiger partial charge is 0.379 e. The number of ether oxygens (including phenoxy) is 1. The summed E-state index contributed by atoms with van der Waals surface area (Å²) in [5.74, 6) is 0.752. The summed E-state index contributed by atoms with van der Waals surface area (Å²) in [6.07, 6.45) is 5.81. The Kier molecular flexibility index (Phi) is 7.49. The summed E-state index contributed by atoms with van der Waals surface area (Å²) in [6, 6.07) is 6.23. The molecule has 160 valence electrons. The third-order valence-corrected chi connectivity index (χ3v) is 5.84. The molecule has 9 nitrogen and oxygen atoms in total. The third-order valence-electron chi connectivity index (χ3n) is 4.95. The van der Waals surface area contributed by atoms with Crippen LogP contribution in [-0.4, -0.2) is 70.3 Å². The Hall–Kier alpha value is -2.24. The summed E-state index contributed by atoms with van der Waals surface area (Å²) >= 11 is 1.51. The molecule has 0 spiro atoms. The number of piperidine rings is 1. The van der Waals surface area contributed by atoms with Gasteiger partial charge in [-0.3, -0.25) is 4.90 Å². The normalized spacial score (nSPS) is 19.8. The second-order valence-electron chi connectivity index (χ2n) is 7.36. The number of rotatable bonds is 4. The third kappa shape index (κ3) is 6.13. The Balaban J connectivity index is 0.000000265. The van der Waals surface area contributed by atoms with Crippen LogP contribution >= 0.6 is 11.3 Å². The van der Waals surface area contributed by atoms with Crippen LogP contribution in [0.25, 0.3) is 10.3 Å². The zero-order valence-electron chi connectivity index (χ0n) is 17.0. The molecule has 0 amide bonds. The van der Waals surface area contributed by atoms with Crippen LogP contribution in [0.2, 0.25) is 0 Å². The molecule has 2 aliphatic heterocycles. The number of anilines is 2. The molecule has 0 bridgehead atoms. The number of hydrogen-bond donors (Lipinski definition) is 3. The minimum absolute atomic E-state index is 0.425. The first kappa shape index (κ1) is 21.0. The molecular formula is C20H28N8OS. The summed E-state index contributed by atoms with van der Waals surface area (Å²) in [5.41, 5.74) is 7.45. The molecule has 30 heavy (non-hydrogen) atoms. The van der Waals surface area contributed by atoms with E-state index in [1.165, 1.54) is 24.2 Å². The molecule has 1 unspecified atom stereocenters. The zero-order valence-corrected chi connectivity index (χ0v) is 17.8. The number of hydrogen-bond acceptors (Lipinski definition) is 10. The standard InChI is InChI=1S/C15H16N6OS.C5H12N2/c1-2-12-14(16-3-1)23-15(19-12)20-13-8-11(17-10-18-13)9-21-4-6-22-7-5-21;6-5-2-1-3-7-4-5/h1-3,8,10H,4-7,9H2,(H,17,18,19,20);5,7H,1-4,6H2. The van der Waals surface area contributed by atoms with E-state index in [1.807, 2.05) is 18.2 Å². The highest BCUT2D eigenvalue weighted by Gasteiger charge is 2.12. The van der Waals surface area contributed by atoms with Crippen molar-refractivity contribution < 1.29 is 4.74 Å². The predicted molar refractivity (Wildman–Crippen MR) is 119 cm³/mol. The maximum absolute atomic E-state index is 5.57. The number of pyridine rings is 1. The Labute approximate surface area is 180 Å². The van der Waals surface area contributed by atoms with E-state index in [0.717, 1.165) is 72.9 Å². The number of thiazole rings is 1. The lowest BCUT2D eigenvalue weighted by atomic mass is 10.1. The summed E-state index contributed by atoms with van der Waals surface area (Å²) in [6.45, 7) is 6.44. The highest BCUT2D eigenvalue weighted by atomic mass is 32.1. The molecule has 10 heteroatoms. The zero-order chi connectivity index (χ0) is 20.6. The first-order chi connectivity index (χ1) is 14.8. The Bertz CT molecular complexity index is 891. The molecule has 3 aromatic heterocycles. The molecule has 4 N–H and O–H groups in total. The van der Waals surface area contributed by atoms with Crippen LogP contribution in [0.1, 0.15) is 18.5 Å². The average molecular weight is 429 g/mol. The second-order valence-corrected chi connectivity index (χ2v) is 8.34. The van der Waals surface area contributed by atoms with Gasteiger partial charge >= 0.3 is 0 Å².